The molecule has 1 saturated heterocycles. The Balaban J connectivity index is 1.35. The fourth-order valence-electron chi connectivity index (χ4n) is 5.69. The van der Waals surface area contributed by atoms with E-state index in [1.54, 1.807) is 12.3 Å². The predicted molar refractivity (Wildman–Crippen MR) is 131 cm³/mol. The smallest absolute Gasteiger partial charge is 0.271 e. The third-order valence-electron chi connectivity index (χ3n) is 7.95. The molecule has 3 amide bonds. The van der Waals surface area contributed by atoms with Crippen molar-refractivity contribution in [2.45, 2.75) is 70.4 Å². The van der Waals surface area contributed by atoms with Gasteiger partial charge in [-0.05, 0) is 44.4 Å². The number of aryl methyl sites for hydroxylation is 1. The van der Waals surface area contributed by atoms with Crippen molar-refractivity contribution in [1.82, 2.24) is 25.3 Å². The lowest BCUT2D eigenvalue weighted by atomic mass is 9.76. The van der Waals surface area contributed by atoms with E-state index in [0.717, 1.165) is 31.2 Å². The number of carbonyl (C=O) groups excluding carboxylic acids is 3. The molecule has 5 rings (SSSR count). The first-order valence-electron chi connectivity index (χ1n) is 12.8. The largest absolute Gasteiger partial charge is 0.381 e. The molecule has 0 unspecified atom stereocenters. The van der Waals surface area contributed by atoms with Crippen LogP contribution in [0.3, 0.4) is 0 Å². The van der Waals surface area contributed by atoms with Crippen LogP contribution in [0.4, 0.5) is 11.5 Å². The highest BCUT2D eigenvalue weighted by molar-refractivity contribution is 6.07. The number of hydrogen-bond acceptors (Lipinski definition) is 7. The quantitative estimate of drug-likeness (QED) is 0.558. The van der Waals surface area contributed by atoms with Crippen LogP contribution in [0.2, 0.25) is 0 Å². The van der Waals surface area contributed by atoms with E-state index in [4.69, 9.17) is 4.74 Å². The van der Waals surface area contributed by atoms with Gasteiger partial charge in [0.15, 0.2) is 0 Å². The van der Waals surface area contributed by atoms with Crippen LogP contribution in [-0.2, 0) is 26.3 Å². The van der Waals surface area contributed by atoms with E-state index in [2.05, 4.69) is 38.2 Å². The van der Waals surface area contributed by atoms with Crippen molar-refractivity contribution in [2.75, 3.05) is 23.8 Å². The SMILES string of the molecule is CCn1nncc1C(=O)N[C@H](C(=O)Nc1cc2c(cn1)C1(CCOCC1)C(=O)N2)C1CCC(C)CC1. The van der Waals surface area contributed by atoms with Crippen LogP contribution >= 0.6 is 0 Å². The highest BCUT2D eigenvalue weighted by Crippen LogP contribution is 2.44. The van der Waals surface area contributed by atoms with Gasteiger partial charge in [-0.3, -0.25) is 14.4 Å². The molecule has 1 saturated carbocycles. The molecule has 4 heterocycles. The van der Waals surface area contributed by atoms with Gasteiger partial charge in [0.25, 0.3) is 5.91 Å². The van der Waals surface area contributed by atoms with Crippen LogP contribution in [0.15, 0.2) is 18.5 Å². The van der Waals surface area contributed by atoms with Gasteiger partial charge >= 0.3 is 0 Å². The zero-order valence-electron chi connectivity index (χ0n) is 20.7. The standard InChI is InChI=1S/C25H33N7O4/c1-3-32-19(14-27-31-32)22(33)30-21(16-6-4-15(2)5-7-16)23(34)29-20-12-18-17(13-26-20)25(24(35)28-18)8-10-36-11-9-25/h12-16,21H,3-11H2,1-2H3,(H,28,35)(H,30,33)(H,26,29,34)/t15?,16?,21-/m0/s1. The maximum Gasteiger partial charge on any atom is 0.271 e. The molecule has 192 valence electrons. The molecule has 2 fully saturated rings. The number of nitrogens with one attached hydrogen (secondary N) is 3. The van der Waals surface area contributed by atoms with Gasteiger partial charge in [-0.25, -0.2) is 9.67 Å². The molecular formula is C25H33N7O4. The number of pyridine rings is 1. The predicted octanol–water partition coefficient (Wildman–Crippen LogP) is 2.26. The van der Waals surface area contributed by atoms with E-state index >= 15 is 0 Å². The van der Waals surface area contributed by atoms with Gasteiger partial charge in [-0.1, -0.05) is 25.0 Å². The van der Waals surface area contributed by atoms with E-state index in [-0.39, 0.29) is 23.6 Å². The monoisotopic (exact) mass is 495 g/mol. The Morgan fingerprint density at radius 1 is 1.22 bits per heavy atom. The van der Waals surface area contributed by atoms with Crippen molar-refractivity contribution in [2.24, 2.45) is 11.8 Å². The molecule has 3 aliphatic rings. The van der Waals surface area contributed by atoms with Gasteiger partial charge in [0.05, 0.1) is 17.3 Å². The van der Waals surface area contributed by atoms with Crippen LogP contribution in [0.25, 0.3) is 0 Å². The number of amides is 3. The summed E-state index contributed by atoms with van der Waals surface area (Å²) in [7, 11) is 0. The van der Waals surface area contributed by atoms with Crippen LogP contribution in [0.1, 0.15) is 68.4 Å². The van der Waals surface area contributed by atoms with Crippen LogP contribution in [0, 0.1) is 11.8 Å². The number of aromatic nitrogens is 4. The van der Waals surface area contributed by atoms with E-state index in [9.17, 15) is 14.4 Å². The lowest BCUT2D eigenvalue weighted by Crippen LogP contribution is -2.49. The van der Waals surface area contributed by atoms with Crippen molar-refractivity contribution in [3.8, 4) is 0 Å². The Morgan fingerprint density at radius 3 is 2.69 bits per heavy atom. The zero-order valence-corrected chi connectivity index (χ0v) is 20.7. The number of fused-ring (bicyclic) bond motifs is 2. The molecule has 1 aliphatic carbocycles. The summed E-state index contributed by atoms with van der Waals surface area (Å²) >= 11 is 0. The summed E-state index contributed by atoms with van der Waals surface area (Å²) in [5, 5.41) is 16.5. The van der Waals surface area contributed by atoms with Crippen molar-refractivity contribution < 1.29 is 19.1 Å². The fourth-order valence-corrected chi connectivity index (χ4v) is 5.69. The highest BCUT2D eigenvalue weighted by atomic mass is 16.5. The molecule has 1 spiro atoms. The maximum atomic E-state index is 13.5. The number of nitrogens with zero attached hydrogens (tertiary/aromatic N) is 4. The van der Waals surface area contributed by atoms with Crippen LogP contribution < -0.4 is 16.0 Å². The third-order valence-corrected chi connectivity index (χ3v) is 7.95. The molecule has 0 bridgehead atoms. The second-order valence-electron chi connectivity index (χ2n) is 10.2. The summed E-state index contributed by atoms with van der Waals surface area (Å²) in [5.74, 6) is 0.203. The molecule has 2 aliphatic heterocycles. The molecule has 0 radical (unpaired) electrons. The van der Waals surface area contributed by atoms with Crippen molar-refractivity contribution in [3.05, 3.63) is 29.7 Å². The summed E-state index contributed by atoms with van der Waals surface area (Å²) in [5.41, 5.74) is 1.21. The Morgan fingerprint density at radius 2 is 1.97 bits per heavy atom. The summed E-state index contributed by atoms with van der Waals surface area (Å²) in [4.78, 5) is 43.9. The van der Waals surface area contributed by atoms with Gasteiger partial charge in [0.2, 0.25) is 11.8 Å². The molecular weight excluding hydrogens is 462 g/mol. The van der Waals surface area contributed by atoms with E-state index in [1.165, 1.54) is 10.9 Å². The van der Waals surface area contributed by atoms with Crippen molar-refractivity contribution >= 4 is 29.2 Å². The first kappa shape index (κ1) is 24.4. The van der Waals surface area contributed by atoms with Gasteiger partial charge in [0.1, 0.15) is 17.6 Å². The fraction of sp³-hybridized carbons (Fsp3) is 0.600. The zero-order chi connectivity index (χ0) is 25.3. The first-order valence-corrected chi connectivity index (χ1v) is 12.8. The minimum Gasteiger partial charge on any atom is -0.381 e. The average Bonchev–Trinajstić information content (AvgIpc) is 3.46. The Kier molecular flexibility index (Phi) is 6.74. The molecule has 1 atom stereocenters. The Hall–Kier alpha value is -3.34. The number of carbonyl (C=O) groups is 3. The molecule has 3 N–H and O–H groups in total. The average molecular weight is 496 g/mol. The Labute approximate surface area is 209 Å². The van der Waals surface area contributed by atoms with Crippen molar-refractivity contribution in [1.29, 1.82) is 0 Å². The maximum absolute atomic E-state index is 13.5. The lowest BCUT2D eigenvalue weighted by Gasteiger charge is -2.32. The summed E-state index contributed by atoms with van der Waals surface area (Å²) in [6.45, 7) is 5.64. The van der Waals surface area contributed by atoms with Gasteiger partial charge in [-0.15, -0.1) is 5.10 Å². The number of anilines is 2. The van der Waals surface area contributed by atoms with Crippen LogP contribution in [-0.4, -0.2) is 57.0 Å². The Bertz CT molecular complexity index is 1150. The molecule has 11 heteroatoms. The molecule has 36 heavy (non-hydrogen) atoms. The molecule has 2 aromatic rings. The second-order valence-corrected chi connectivity index (χ2v) is 10.2. The van der Waals surface area contributed by atoms with Gasteiger partial charge in [-0.2, -0.15) is 0 Å². The first-order chi connectivity index (χ1) is 17.4. The molecule has 0 aromatic carbocycles. The topological polar surface area (TPSA) is 140 Å². The summed E-state index contributed by atoms with van der Waals surface area (Å²) in [6, 6.07) is 0.976. The van der Waals surface area contributed by atoms with Crippen molar-refractivity contribution in [3.63, 3.8) is 0 Å². The number of ether oxygens (including phenoxy) is 1. The summed E-state index contributed by atoms with van der Waals surface area (Å²) in [6.07, 6.45) is 8.02. The lowest BCUT2D eigenvalue weighted by molar-refractivity contribution is -0.124. The summed E-state index contributed by atoms with van der Waals surface area (Å²) < 4.78 is 6.96. The minimum absolute atomic E-state index is 0.00995. The second kappa shape index (κ2) is 9.96. The van der Waals surface area contributed by atoms with Gasteiger partial charge < -0.3 is 20.7 Å². The normalized spacial score (nSPS) is 23.6. The van der Waals surface area contributed by atoms with E-state index in [0.29, 0.717) is 55.7 Å². The molecule has 11 nitrogen and oxygen atoms in total. The van der Waals surface area contributed by atoms with Gasteiger partial charge in [0, 0.05) is 37.6 Å². The van der Waals surface area contributed by atoms with Crippen LogP contribution in [0.5, 0.6) is 0 Å². The van der Waals surface area contributed by atoms with E-state index < -0.39 is 11.5 Å². The highest BCUT2D eigenvalue weighted by Gasteiger charge is 2.48. The minimum atomic E-state index is -0.725. The number of rotatable bonds is 6. The third kappa shape index (κ3) is 4.47. The van der Waals surface area contributed by atoms with E-state index in [1.807, 2.05) is 6.92 Å². The molecule has 2 aromatic heterocycles. The number of hydrogen-bond donors (Lipinski definition) is 3.